The van der Waals surface area contributed by atoms with Crippen LogP contribution in [-0.4, -0.2) is 11.8 Å². The van der Waals surface area contributed by atoms with Gasteiger partial charge in [-0.3, -0.25) is 14.9 Å². The molecule has 0 atom stereocenters. The smallest absolute Gasteiger partial charge is 0.263 e. The Hall–Kier alpha value is -2.80. The maximum Gasteiger partial charge on any atom is 0.263 e. The van der Waals surface area contributed by atoms with Crippen LogP contribution in [0.4, 0.5) is 10.1 Å². The summed E-state index contributed by atoms with van der Waals surface area (Å²) < 4.78 is 20.4. The fourth-order valence-corrected chi connectivity index (χ4v) is 2.60. The number of fused-ring (bicyclic) bond motifs is 1. The molecule has 7 heteroatoms. The largest absolute Gasteiger partial charge is 0.438 e. The molecule has 1 aromatic heterocycles. The first kappa shape index (κ1) is 17.0. The van der Waals surface area contributed by atoms with Gasteiger partial charge in [-0.1, -0.05) is 28.1 Å². The Morgan fingerprint density at radius 1 is 1.16 bits per heavy atom. The van der Waals surface area contributed by atoms with E-state index >= 15 is 0 Å². The second kappa shape index (κ2) is 6.98. The first-order chi connectivity index (χ1) is 11.9. The Kier molecular flexibility index (Phi) is 4.76. The van der Waals surface area contributed by atoms with Crippen LogP contribution in [0.5, 0.6) is 0 Å². The van der Waals surface area contributed by atoms with Gasteiger partial charge >= 0.3 is 0 Å². The highest BCUT2D eigenvalue weighted by molar-refractivity contribution is 9.10. The zero-order chi connectivity index (χ0) is 18.0. The molecule has 2 amide bonds. The van der Waals surface area contributed by atoms with Crippen molar-refractivity contribution in [2.45, 2.75) is 6.92 Å². The van der Waals surface area contributed by atoms with Crippen LogP contribution in [0.25, 0.3) is 11.0 Å². The summed E-state index contributed by atoms with van der Waals surface area (Å²) in [5.41, 5.74) is 0.444. The normalized spacial score (nSPS) is 11.6. The zero-order valence-corrected chi connectivity index (χ0v) is 14.6. The van der Waals surface area contributed by atoms with Crippen LogP contribution >= 0.6 is 15.9 Å². The number of hydrogen-bond donors (Lipinski definition) is 1. The molecule has 2 aromatic carbocycles. The molecule has 3 aromatic rings. The van der Waals surface area contributed by atoms with Crippen LogP contribution in [0.1, 0.15) is 17.3 Å². The summed E-state index contributed by atoms with van der Waals surface area (Å²) in [6.07, 6.45) is 0. The van der Waals surface area contributed by atoms with E-state index in [2.05, 4.69) is 26.2 Å². The first-order valence-corrected chi connectivity index (χ1v) is 8.08. The highest BCUT2D eigenvalue weighted by Gasteiger charge is 2.14. The van der Waals surface area contributed by atoms with Gasteiger partial charge in [-0.05, 0) is 36.4 Å². The molecule has 0 bridgehead atoms. The molecular weight excluding hydrogens is 391 g/mol. The molecule has 0 saturated heterocycles. The number of carbonyl (C=O) groups excluding carboxylic acids is 2. The van der Waals surface area contributed by atoms with Gasteiger partial charge in [0, 0.05) is 16.8 Å². The topological polar surface area (TPSA) is 71.7 Å². The Morgan fingerprint density at radius 2 is 1.92 bits per heavy atom. The molecule has 0 aliphatic heterocycles. The lowest BCUT2D eigenvalue weighted by atomic mass is 10.1. The fourth-order valence-electron chi connectivity index (χ4n) is 2.23. The van der Waals surface area contributed by atoms with E-state index in [4.69, 9.17) is 4.42 Å². The number of benzene rings is 2. The van der Waals surface area contributed by atoms with Gasteiger partial charge in [-0.15, -0.1) is 0 Å². The lowest BCUT2D eigenvalue weighted by Crippen LogP contribution is -2.32. The Labute approximate surface area is 150 Å². The van der Waals surface area contributed by atoms with E-state index in [1.165, 1.54) is 25.1 Å². The number of hydrogen-bond acceptors (Lipinski definition) is 4. The molecule has 0 saturated carbocycles. The quantitative estimate of drug-likeness (QED) is 0.707. The third kappa shape index (κ3) is 3.83. The number of carbonyl (C=O) groups is 2. The van der Waals surface area contributed by atoms with Crippen molar-refractivity contribution >= 4 is 44.4 Å². The number of para-hydroxylation sites is 1. The van der Waals surface area contributed by atoms with Gasteiger partial charge in [0.05, 0.1) is 0 Å². The second-order valence-corrected chi connectivity index (χ2v) is 6.14. The molecule has 25 heavy (non-hydrogen) atoms. The standard InChI is InChI=1S/C18H12BrFN2O3/c1-10(23)21-17(24)13-9-11-8-12(19)6-7-16(11)25-18(13)22-15-5-3-2-4-14(15)20/h2-9H,1H3,(H,21,23,24). The third-order valence-corrected chi connectivity index (χ3v) is 3.81. The summed E-state index contributed by atoms with van der Waals surface area (Å²) in [7, 11) is 0. The molecular formula is C18H12BrFN2O3. The van der Waals surface area contributed by atoms with E-state index in [1.54, 1.807) is 30.3 Å². The van der Waals surface area contributed by atoms with Gasteiger partial charge in [0.1, 0.15) is 22.7 Å². The molecule has 0 spiro atoms. The minimum Gasteiger partial charge on any atom is -0.438 e. The second-order valence-electron chi connectivity index (χ2n) is 5.22. The number of nitrogens with one attached hydrogen (secondary N) is 1. The Balaban J connectivity index is 2.27. The lowest BCUT2D eigenvalue weighted by Gasteiger charge is -2.05. The van der Waals surface area contributed by atoms with Crippen molar-refractivity contribution in [2.24, 2.45) is 4.99 Å². The SMILES string of the molecule is CC(=O)NC(=O)c1cc2cc(Br)ccc2oc1=Nc1ccccc1F. The fraction of sp³-hybridized carbons (Fsp3) is 0.0556. The van der Waals surface area contributed by atoms with Crippen molar-refractivity contribution < 1.29 is 18.4 Å². The summed E-state index contributed by atoms with van der Waals surface area (Å²) in [6, 6.07) is 12.6. The monoisotopic (exact) mass is 402 g/mol. The van der Waals surface area contributed by atoms with Crippen molar-refractivity contribution in [3.8, 4) is 0 Å². The molecule has 5 nitrogen and oxygen atoms in total. The number of halogens is 2. The molecule has 0 fully saturated rings. The number of rotatable bonds is 2. The Morgan fingerprint density at radius 3 is 2.64 bits per heavy atom. The molecule has 1 heterocycles. The van der Waals surface area contributed by atoms with Gasteiger partial charge < -0.3 is 4.42 Å². The summed E-state index contributed by atoms with van der Waals surface area (Å²) in [6.45, 7) is 1.22. The van der Waals surface area contributed by atoms with Crippen LogP contribution in [0.15, 0.2) is 62.4 Å². The third-order valence-electron chi connectivity index (χ3n) is 3.32. The average molecular weight is 403 g/mol. The minimum atomic E-state index is -0.673. The van der Waals surface area contributed by atoms with Crippen LogP contribution in [0.3, 0.4) is 0 Å². The molecule has 0 aliphatic rings. The maximum atomic E-state index is 13.9. The minimum absolute atomic E-state index is 0.0274. The van der Waals surface area contributed by atoms with Gasteiger partial charge in [0.2, 0.25) is 11.5 Å². The Bertz CT molecular complexity index is 1060. The summed E-state index contributed by atoms with van der Waals surface area (Å²) in [5.74, 6) is -1.74. The summed E-state index contributed by atoms with van der Waals surface area (Å²) in [5, 5.41) is 2.81. The van der Waals surface area contributed by atoms with E-state index in [-0.39, 0.29) is 16.8 Å². The van der Waals surface area contributed by atoms with E-state index in [1.807, 2.05) is 0 Å². The van der Waals surface area contributed by atoms with E-state index < -0.39 is 17.6 Å². The predicted molar refractivity (Wildman–Crippen MR) is 93.7 cm³/mol. The molecule has 0 unspecified atom stereocenters. The van der Waals surface area contributed by atoms with E-state index in [0.717, 1.165) is 4.47 Å². The molecule has 1 N–H and O–H groups in total. The average Bonchev–Trinajstić information content (AvgIpc) is 2.56. The predicted octanol–water partition coefficient (Wildman–Crippen LogP) is 3.84. The van der Waals surface area contributed by atoms with Crippen molar-refractivity contribution in [1.29, 1.82) is 0 Å². The van der Waals surface area contributed by atoms with Crippen LogP contribution in [0, 0.1) is 5.82 Å². The number of amides is 2. The molecule has 3 rings (SSSR count). The van der Waals surface area contributed by atoms with E-state index in [0.29, 0.717) is 11.0 Å². The lowest BCUT2D eigenvalue weighted by molar-refractivity contribution is -0.118. The highest BCUT2D eigenvalue weighted by atomic mass is 79.9. The molecule has 126 valence electrons. The highest BCUT2D eigenvalue weighted by Crippen LogP contribution is 2.21. The van der Waals surface area contributed by atoms with Crippen molar-refractivity contribution in [2.75, 3.05) is 0 Å². The van der Waals surface area contributed by atoms with Gasteiger partial charge in [0.15, 0.2) is 0 Å². The maximum absolute atomic E-state index is 13.9. The van der Waals surface area contributed by atoms with Crippen molar-refractivity contribution in [1.82, 2.24) is 5.32 Å². The summed E-state index contributed by atoms with van der Waals surface area (Å²) in [4.78, 5) is 27.6. The van der Waals surface area contributed by atoms with Crippen LogP contribution in [0.2, 0.25) is 0 Å². The van der Waals surface area contributed by atoms with Crippen LogP contribution < -0.4 is 10.9 Å². The van der Waals surface area contributed by atoms with Crippen molar-refractivity contribution in [3.63, 3.8) is 0 Å². The first-order valence-electron chi connectivity index (χ1n) is 7.28. The van der Waals surface area contributed by atoms with E-state index in [9.17, 15) is 14.0 Å². The zero-order valence-electron chi connectivity index (χ0n) is 13.0. The summed E-state index contributed by atoms with van der Waals surface area (Å²) >= 11 is 3.35. The number of imide groups is 1. The van der Waals surface area contributed by atoms with Gasteiger partial charge in [-0.25, -0.2) is 9.38 Å². The van der Waals surface area contributed by atoms with Crippen molar-refractivity contribution in [3.05, 3.63) is 69.9 Å². The van der Waals surface area contributed by atoms with Gasteiger partial charge in [-0.2, -0.15) is 0 Å². The molecule has 0 aliphatic carbocycles. The van der Waals surface area contributed by atoms with Gasteiger partial charge in [0.25, 0.3) is 5.91 Å². The van der Waals surface area contributed by atoms with Crippen LogP contribution in [-0.2, 0) is 4.79 Å². The molecule has 0 radical (unpaired) electrons. The number of nitrogens with zero attached hydrogens (tertiary/aromatic N) is 1.